The maximum atomic E-state index is 14.8. The third-order valence-corrected chi connectivity index (χ3v) is 6.72. The van der Waals surface area contributed by atoms with Crippen molar-refractivity contribution in [1.29, 1.82) is 0 Å². The van der Waals surface area contributed by atoms with Crippen LogP contribution in [0.1, 0.15) is 40.5 Å². The molecule has 2 aliphatic heterocycles. The van der Waals surface area contributed by atoms with Gasteiger partial charge in [0.2, 0.25) is 12.0 Å². The summed E-state index contributed by atoms with van der Waals surface area (Å²) in [5, 5.41) is 9.99. The van der Waals surface area contributed by atoms with Crippen LogP contribution in [0.2, 0.25) is 0 Å². The van der Waals surface area contributed by atoms with Gasteiger partial charge in [0.1, 0.15) is 17.1 Å². The Morgan fingerprint density at radius 2 is 1.92 bits per heavy atom. The standard InChI is InChI=1S/C29H25FN6O3/c1-16-11-12-19(15-31-16)24-22(29-36(35-24)14-13-17(2)39-29)27(37)34-26-28(38)33-25-20(9-6-10-21(25)30)23(32-26)18-7-4-3-5-8-18/h3-12,15,17,26H,13-14H2,1-2H3,(H,33,38)(H,34,37)/t17-,26-/m1/s1. The lowest BCUT2D eigenvalue weighted by Gasteiger charge is -2.22. The first-order valence-corrected chi connectivity index (χ1v) is 12.6. The molecular weight excluding hydrogens is 499 g/mol. The molecule has 2 aromatic carbocycles. The molecule has 0 bridgehead atoms. The quantitative estimate of drug-likeness (QED) is 0.418. The predicted molar refractivity (Wildman–Crippen MR) is 143 cm³/mol. The van der Waals surface area contributed by atoms with Crippen LogP contribution in [0.25, 0.3) is 11.3 Å². The smallest absolute Gasteiger partial charge is 0.269 e. The number of nitrogens with one attached hydrogen (secondary N) is 2. The van der Waals surface area contributed by atoms with Gasteiger partial charge in [0, 0.05) is 41.5 Å². The molecule has 0 aliphatic carbocycles. The van der Waals surface area contributed by atoms with Crippen molar-refractivity contribution in [3.63, 3.8) is 0 Å². The van der Waals surface area contributed by atoms with Crippen LogP contribution in [0.5, 0.6) is 5.88 Å². The Balaban J connectivity index is 1.43. The predicted octanol–water partition coefficient (Wildman–Crippen LogP) is 4.11. The molecule has 0 fully saturated rings. The molecule has 39 heavy (non-hydrogen) atoms. The second-order valence-corrected chi connectivity index (χ2v) is 9.53. The lowest BCUT2D eigenvalue weighted by Crippen LogP contribution is -2.42. The lowest BCUT2D eigenvalue weighted by molar-refractivity contribution is -0.117. The molecule has 9 nitrogen and oxygen atoms in total. The van der Waals surface area contributed by atoms with Crippen molar-refractivity contribution in [1.82, 2.24) is 20.1 Å². The Bertz CT molecular complexity index is 1610. The van der Waals surface area contributed by atoms with E-state index < -0.39 is 23.8 Å². The lowest BCUT2D eigenvalue weighted by atomic mass is 10.0. The fraction of sp³-hybridized carbons (Fsp3) is 0.207. The summed E-state index contributed by atoms with van der Waals surface area (Å²) < 4.78 is 22.5. The van der Waals surface area contributed by atoms with Crippen LogP contribution in [0.15, 0.2) is 71.9 Å². The van der Waals surface area contributed by atoms with E-state index in [4.69, 9.17) is 4.74 Å². The summed E-state index contributed by atoms with van der Waals surface area (Å²) in [6.45, 7) is 4.37. The van der Waals surface area contributed by atoms with Gasteiger partial charge in [-0.2, -0.15) is 5.10 Å². The summed E-state index contributed by atoms with van der Waals surface area (Å²) in [6, 6.07) is 17.3. The highest BCUT2D eigenvalue weighted by Crippen LogP contribution is 2.34. The molecule has 2 atom stereocenters. The maximum absolute atomic E-state index is 14.8. The Labute approximate surface area is 223 Å². The molecule has 4 heterocycles. The molecule has 0 unspecified atom stereocenters. The van der Waals surface area contributed by atoms with Crippen LogP contribution in [-0.4, -0.2) is 44.6 Å². The number of aromatic nitrogens is 3. The minimum atomic E-state index is -1.35. The van der Waals surface area contributed by atoms with Crippen LogP contribution in [0, 0.1) is 12.7 Å². The number of amides is 2. The topological polar surface area (TPSA) is 110 Å². The van der Waals surface area contributed by atoms with E-state index in [1.807, 2.05) is 56.3 Å². The number of benzene rings is 2. The van der Waals surface area contributed by atoms with E-state index in [-0.39, 0.29) is 17.4 Å². The summed E-state index contributed by atoms with van der Waals surface area (Å²) in [4.78, 5) is 36.1. The van der Waals surface area contributed by atoms with Gasteiger partial charge in [-0.25, -0.2) is 14.1 Å². The van der Waals surface area contributed by atoms with E-state index in [2.05, 4.69) is 25.7 Å². The minimum absolute atomic E-state index is 0.00772. The number of para-hydroxylation sites is 1. The largest absolute Gasteiger partial charge is 0.474 e. The molecule has 0 spiro atoms. The van der Waals surface area contributed by atoms with Crippen molar-refractivity contribution in [3.05, 3.63) is 95.1 Å². The summed E-state index contributed by atoms with van der Waals surface area (Å²) in [5.41, 5.74) is 3.50. The molecule has 6 rings (SSSR count). The Hall–Kier alpha value is -4.86. The van der Waals surface area contributed by atoms with Crippen LogP contribution in [0.4, 0.5) is 10.1 Å². The fourth-order valence-electron chi connectivity index (χ4n) is 4.70. The number of nitrogens with zero attached hydrogens (tertiary/aromatic N) is 4. The van der Waals surface area contributed by atoms with Gasteiger partial charge in [-0.15, -0.1) is 0 Å². The first kappa shape index (κ1) is 24.5. The number of benzodiazepines with no additional fused rings is 1. The number of halogens is 1. The zero-order valence-electron chi connectivity index (χ0n) is 21.3. The van der Waals surface area contributed by atoms with E-state index >= 15 is 0 Å². The first-order chi connectivity index (χ1) is 18.9. The number of ether oxygens (including phenoxy) is 1. The first-order valence-electron chi connectivity index (χ1n) is 12.6. The molecule has 2 aromatic heterocycles. The summed E-state index contributed by atoms with van der Waals surface area (Å²) >= 11 is 0. The minimum Gasteiger partial charge on any atom is -0.474 e. The third kappa shape index (κ3) is 4.54. The van der Waals surface area contributed by atoms with Crippen molar-refractivity contribution in [2.45, 2.75) is 39.1 Å². The normalized spacial score (nSPS) is 18.1. The van der Waals surface area contributed by atoms with Crippen molar-refractivity contribution >= 4 is 23.2 Å². The molecule has 2 N–H and O–H groups in total. The summed E-state index contributed by atoms with van der Waals surface area (Å²) in [5.74, 6) is -1.55. The van der Waals surface area contributed by atoms with Crippen LogP contribution in [-0.2, 0) is 11.3 Å². The van der Waals surface area contributed by atoms with Gasteiger partial charge >= 0.3 is 0 Å². The molecule has 10 heteroatoms. The SMILES string of the molecule is Cc1ccc(-c2nn3c(c2C(=O)N[C@H]2N=C(c4ccccc4)c4cccc(F)c4NC2=O)O[C@H](C)CC3)cn1. The number of carbonyl (C=O) groups is 2. The monoisotopic (exact) mass is 524 g/mol. The number of aliphatic imine (C=N–C) groups is 1. The van der Waals surface area contributed by atoms with Gasteiger partial charge in [-0.3, -0.25) is 14.6 Å². The number of carbonyl (C=O) groups excluding carboxylic acids is 2. The van der Waals surface area contributed by atoms with Gasteiger partial charge in [-0.05, 0) is 32.0 Å². The number of aryl methyl sites for hydroxylation is 2. The van der Waals surface area contributed by atoms with Crippen LogP contribution >= 0.6 is 0 Å². The number of hydrogen-bond acceptors (Lipinski definition) is 6. The second-order valence-electron chi connectivity index (χ2n) is 9.53. The Morgan fingerprint density at radius 3 is 2.69 bits per heavy atom. The fourth-order valence-corrected chi connectivity index (χ4v) is 4.70. The number of hydrogen-bond donors (Lipinski definition) is 2. The molecule has 0 saturated heterocycles. The van der Waals surface area contributed by atoms with Gasteiger partial charge < -0.3 is 15.4 Å². The highest BCUT2D eigenvalue weighted by atomic mass is 19.1. The zero-order chi connectivity index (χ0) is 27.1. The summed E-state index contributed by atoms with van der Waals surface area (Å²) in [6.07, 6.45) is 0.917. The highest BCUT2D eigenvalue weighted by Gasteiger charge is 2.34. The zero-order valence-corrected chi connectivity index (χ0v) is 21.3. The van der Waals surface area contributed by atoms with Crippen molar-refractivity contribution < 1.29 is 18.7 Å². The molecule has 196 valence electrons. The number of pyridine rings is 1. The highest BCUT2D eigenvalue weighted by molar-refractivity contribution is 6.20. The molecule has 0 saturated carbocycles. The van der Waals surface area contributed by atoms with Crippen molar-refractivity contribution in [2.24, 2.45) is 4.99 Å². The molecular formula is C29H25FN6O3. The van der Waals surface area contributed by atoms with E-state index in [0.29, 0.717) is 40.5 Å². The van der Waals surface area contributed by atoms with Crippen LogP contribution in [0.3, 0.4) is 0 Å². The van der Waals surface area contributed by atoms with E-state index in [1.54, 1.807) is 23.0 Å². The van der Waals surface area contributed by atoms with Crippen molar-refractivity contribution in [3.8, 4) is 17.1 Å². The Kier molecular flexibility index (Phi) is 6.14. The van der Waals surface area contributed by atoms with E-state index in [0.717, 1.165) is 12.1 Å². The van der Waals surface area contributed by atoms with Gasteiger partial charge in [0.15, 0.2) is 0 Å². The molecule has 4 aromatic rings. The molecule has 2 amide bonds. The Morgan fingerprint density at radius 1 is 1.10 bits per heavy atom. The third-order valence-electron chi connectivity index (χ3n) is 6.72. The number of fused-ring (bicyclic) bond motifs is 2. The van der Waals surface area contributed by atoms with Gasteiger partial charge in [0.05, 0.1) is 17.5 Å². The van der Waals surface area contributed by atoms with Crippen molar-refractivity contribution in [2.75, 3.05) is 5.32 Å². The number of rotatable bonds is 4. The average Bonchev–Trinajstić information content (AvgIpc) is 3.24. The van der Waals surface area contributed by atoms with Gasteiger partial charge in [0.25, 0.3) is 11.8 Å². The number of anilines is 1. The average molecular weight is 525 g/mol. The van der Waals surface area contributed by atoms with E-state index in [9.17, 15) is 14.0 Å². The van der Waals surface area contributed by atoms with E-state index in [1.165, 1.54) is 6.07 Å². The molecule has 2 aliphatic rings. The second kappa shape index (κ2) is 9.79. The van der Waals surface area contributed by atoms with Crippen LogP contribution < -0.4 is 15.4 Å². The molecule has 0 radical (unpaired) electrons. The maximum Gasteiger partial charge on any atom is 0.269 e. The summed E-state index contributed by atoms with van der Waals surface area (Å²) in [7, 11) is 0. The van der Waals surface area contributed by atoms with Gasteiger partial charge in [-0.1, -0.05) is 42.5 Å².